The lowest BCUT2D eigenvalue weighted by atomic mass is 9.99. The summed E-state index contributed by atoms with van der Waals surface area (Å²) in [6.45, 7) is 4.50. The second-order valence-electron chi connectivity index (χ2n) is 3.92. The zero-order valence-corrected chi connectivity index (χ0v) is 10.9. The lowest BCUT2D eigenvalue weighted by Crippen LogP contribution is -1.89. The molecule has 0 aromatic heterocycles. The summed E-state index contributed by atoms with van der Waals surface area (Å²) in [4.78, 5) is 0. The van der Waals surface area contributed by atoms with Gasteiger partial charge in [0.25, 0.3) is 0 Å². The average molecular weight is 256 g/mol. The van der Waals surface area contributed by atoms with Crippen LogP contribution in [0.15, 0.2) is 15.6 Å². The fourth-order valence-corrected chi connectivity index (χ4v) is 2.37. The van der Waals surface area contributed by atoms with E-state index in [-0.39, 0.29) is 0 Å². The van der Waals surface area contributed by atoms with E-state index in [1.165, 1.54) is 48.6 Å². The quantitative estimate of drug-likeness (QED) is 0.616. The van der Waals surface area contributed by atoms with Crippen LogP contribution in [0.1, 0.15) is 58.8 Å². The van der Waals surface area contributed by atoms with Crippen LogP contribution in [0, 0.1) is 6.08 Å². The molecular formula is C13H20Br. The molecule has 1 rings (SSSR count). The molecule has 0 fully saturated rings. The highest BCUT2D eigenvalue weighted by molar-refractivity contribution is 9.11. The van der Waals surface area contributed by atoms with Gasteiger partial charge in [-0.05, 0) is 42.9 Å². The van der Waals surface area contributed by atoms with E-state index in [4.69, 9.17) is 0 Å². The number of allylic oxidation sites excluding steroid dienone is 4. The van der Waals surface area contributed by atoms with Crippen molar-refractivity contribution in [1.82, 2.24) is 0 Å². The number of unbranched alkanes of at least 4 members (excludes halogenated alkanes) is 2. The lowest BCUT2D eigenvalue weighted by Gasteiger charge is -2.08. The largest absolute Gasteiger partial charge is 0.0654 e. The Morgan fingerprint density at radius 1 is 1.14 bits per heavy atom. The molecule has 0 bridgehead atoms. The van der Waals surface area contributed by atoms with Gasteiger partial charge in [-0.2, -0.15) is 0 Å². The maximum absolute atomic E-state index is 3.66. The Labute approximate surface area is 96.6 Å². The summed E-state index contributed by atoms with van der Waals surface area (Å²) in [6, 6.07) is 0. The fraction of sp³-hybridized carbons (Fsp3) is 0.692. The first kappa shape index (κ1) is 12.0. The Kier molecular flexibility index (Phi) is 5.54. The van der Waals surface area contributed by atoms with Crippen LogP contribution in [-0.4, -0.2) is 0 Å². The lowest BCUT2D eigenvalue weighted by molar-refractivity contribution is 0.754. The van der Waals surface area contributed by atoms with Crippen molar-refractivity contribution in [3.63, 3.8) is 0 Å². The smallest absolute Gasteiger partial charge is 0.00493 e. The third-order valence-electron chi connectivity index (χ3n) is 2.71. The van der Waals surface area contributed by atoms with E-state index < -0.39 is 0 Å². The van der Waals surface area contributed by atoms with Crippen molar-refractivity contribution in [2.75, 3.05) is 0 Å². The fourth-order valence-electron chi connectivity index (χ4n) is 1.79. The minimum atomic E-state index is 1.01. The van der Waals surface area contributed by atoms with E-state index in [2.05, 4.69) is 35.9 Å². The van der Waals surface area contributed by atoms with E-state index >= 15 is 0 Å². The molecule has 1 heteroatoms. The first-order valence-electron chi connectivity index (χ1n) is 5.77. The molecule has 0 aromatic rings. The van der Waals surface area contributed by atoms with Crippen molar-refractivity contribution in [3.8, 4) is 0 Å². The molecule has 0 aliphatic heterocycles. The van der Waals surface area contributed by atoms with Crippen molar-refractivity contribution in [1.29, 1.82) is 0 Å². The van der Waals surface area contributed by atoms with Gasteiger partial charge in [0.05, 0.1) is 0 Å². The van der Waals surface area contributed by atoms with Crippen molar-refractivity contribution in [3.05, 3.63) is 21.7 Å². The van der Waals surface area contributed by atoms with Crippen LogP contribution >= 0.6 is 15.9 Å². The van der Waals surface area contributed by atoms with Crippen LogP contribution in [0.25, 0.3) is 0 Å². The van der Waals surface area contributed by atoms with Gasteiger partial charge in [0.15, 0.2) is 0 Å². The van der Waals surface area contributed by atoms with Crippen molar-refractivity contribution in [2.45, 2.75) is 58.8 Å². The molecule has 0 unspecified atom stereocenters. The molecule has 0 amide bonds. The Hall–Kier alpha value is -0.0400. The van der Waals surface area contributed by atoms with Gasteiger partial charge in [0.1, 0.15) is 0 Å². The van der Waals surface area contributed by atoms with Crippen molar-refractivity contribution in [2.24, 2.45) is 0 Å². The van der Waals surface area contributed by atoms with Crippen LogP contribution in [0.4, 0.5) is 0 Å². The molecule has 0 aromatic carbocycles. The number of hydrogen-bond acceptors (Lipinski definition) is 0. The molecule has 79 valence electrons. The highest BCUT2D eigenvalue weighted by atomic mass is 79.9. The van der Waals surface area contributed by atoms with Gasteiger partial charge in [0, 0.05) is 10.9 Å². The second-order valence-corrected chi connectivity index (χ2v) is 4.88. The normalized spacial score (nSPS) is 16.4. The molecule has 0 nitrogen and oxygen atoms in total. The highest BCUT2D eigenvalue weighted by Crippen LogP contribution is 2.35. The molecule has 0 heterocycles. The average Bonchev–Trinajstić information content (AvgIpc) is 2.53. The molecular weight excluding hydrogens is 236 g/mol. The monoisotopic (exact) mass is 255 g/mol. The summed E-state index contributed by atoms with van der Waals surface area (Å²) < 4.78 is 1.39. The van der Waals surface area contributed by atoms with Crippen molar-refractivity contribution >= 4 is 15.9 Å². The van der Waals surface area contributed by atoms with Gasteiger partial charge in [-0.3, -0.25) is 0 Å². The maximum atomic E-state index is 3.66. The molecule has 14 heavy (non-hydrogen) atoms. The third-order valence-corrected chi connectivity index (χ3v) is 3.47. The molecule has 0 saturated heterocycles. The van der Waals surface area contributed by atoms with Gasteiger partial charge in [0.2, 0.25) is 0 Å². The molecule has 0 spiro atoms. The van der Waals surface area contributed by atoms with Crippen LogP contribution in [-0.2, 0) is 0 Å². The zero-order chi connectivity index (χ0) is 10.4. The third kappa shape index (κ3) is 3.27. The zero-order valence-electron chi connectivity index (χ0n) is 9.33. The van der Waals surface area contributed by atoms with E-state index in [9.17, 15) is 0 Å². The summed E-state index contributed by atoms with van der Waals surface area (Å²) in [5.74, 6) is 0. The predicted octanol–water partition coefficient (Wildman–Crippen LogP) is 5.15. The SMILES string of the molecule is CCCCC1=[C]CC(Br)=C1CCCC. The Morgan fingerprint density at radius 3 is 2.43 bits per heavy atom. The van der Waals surface area contributed by atoms with Crippen LogP contribution in [0.5, 0.6) is 0 Å². The molecule has 1 aliphatic carbocycles. The topological polar surface area (TPSA) is 0 Å². The summed E-state index contributed by atoms with van der Waals surface area (Å²) in [6.07, 6.45) is 12.1. The summed E-state index contributed by atoms with van der Waals surface area (Å²) in [5.41, 5.74) is 3.05. The minimum absolute atomic E-state index is 1.01. The van der Waals surface area contributed by atoms with Crippen LogP contribution in [0.2, 0.25) is 0 Å². The van der Waals surface area contributed by atoms with Gasteiger partial charge in [-0.25, -0.2) is 0 Å². The number of hydrogen-bond donors (Lipinski definition) is 0. The Bertz CT molecular complexity index is 236. The molecule has 0 atom stereocenters. The van der Waals surface area contributed by atoms with Gasteiger partial charge >= 0.3 is 0 Å². The standard InChI is InChI=1S/C13H20Br/c1-3-5-7-11-9-10-13(14)12(11)8-6-4-2/h3-8,10H2,1-2H3. The predicted molar refractivity (Wildman–Crippen MR) is 66.4 cm³/mol. The van der Waals surface area contributed by atoms with Gasteiger partial charge in [-0.15, -0.1) is 0 Å². The van der Waals surface area contributed by atoms with E-state index in [1.807, 2.05) is 0 Å². The van der Waals surface area contributed by atoms with Gasteiger partial charge in [-0.1, -0.05) is 42.6 Å². The first-order chi connectivity index (χ1) is 6.79. The number of rotatable bonds is 6. The van der Waals surface area contributed by atoms with Gasteiger partial charge < -0.3 is 0 Å². The van der Waals surface area contributed by atoms with Crippen LogP contribution in [0.3, 0.4) is 0 Å². The van der Waals surface area contributed by atoms with E-state index in [1.54, 1.807) is 5.57 Å². The molecule has 1 aliphatic rings. The minimum Gasteiger partial charge on any atom is -0.0654 e. The highest BCUT2D eigenvalue weighted by Gasteiger charge is 2.14. The summed E-state index contributed by atoms with van der Waals surface area (Å²) in [7, 11) is 0. The Balaban J connectivity index is 2.50. The summed E-state index contributed by atoms with van der Waals surface area (Å²) >= 11 is 3.66. The maximum Gasteiger partial charge on any atom is 0.00493 e. The van der Waals surface area contributed by atoms with E-state index in [0.29, 0.717) is 0 Å². The van der Waals surface area contributed by atoms with Crippen LogP contribution < -0.4 is 0 Å². The van der Waals surface area contributed by atoms with Crippen molar-refractivity contribution < 1.29 is 0 Å². The molecule has 0 saturated carbocycles. The summed E-state index contributed by atoms with van der Waals surface area (Å²) in [5, 5.41) is 0. The number of halogens is 1. The first-order valence-corrected chi connectivity index (χ1v) is 6.56. The molecule has 0 N–H and O–H groups in total. The second kappa shape index (κ2) is 6.44. The Morgan fingerprint density at radius 2 is 1.79 bits per heavy atom. The van der Waals surface area contributed by atoms with E-state index in [0.717, 1.165) is 6.42 Å². The molecule has 1 radical (unpaired) electrons.